The minimum absolute atomic E-state index is 0.0568. The molecule has 0 spiro atoms. The molecule has 120 valence electrons. The van der Waals surface area contributed by atoms with E-state index in [1.54, 1.807) is 30.3 Å². The molecule has 1 amide bonds. The van der Waals surface area contributed by atoms with Gasteiger partial charge in [0, 0.05) is 18.7 Å². The number of anilines is 1. The number of hydrogen-bond acceptors (Lipinski definition) is 6. The number of nitro groups is 1. The number of nitrogens with zero attached hydrogens (tertiary/aromatic N) is 2. The van der Waals surface area contributed by atoms with Gasteiger partial charge in [-0.25, -0.2) is 4.98 Å². The molecule has 1 atom stereocenters. The number of likely N-dealkylation sites (N-methyl/N-ethyl adjacent to an activating group) is 1. The number of aliphatic hydroxyl groups excluding tert-OH is 1. The number of amides is 1. The van der Waals surface area contributed by atoms with Crippen molar-refractivity contribution in [2.45, 2.75) is 6.10 Å². The zero-order valence-electron chi connectivity index (χ0n) is 12.4. The van der Waals surface area contributed by atoms with E-state index in [1.807, 2.05) is 0 Å². The molecule has 23 heavy (non-hydrogen) atoms. The molecule has 0 saturated heterocycles. The molecule has 2 aromatic rings. The predicted molar refractivity (Wildman–Crippen MR) is 84.9 cm³/mol. The summed E-state index contributed by atoms with van der Waals surface area (Å²) in [7, 11) is 1.42. The summed E-state index contributed by atoms with van der Waals surface area (Å²) < 4.78 is 0. The van der Waals surface area contributed by atoms with Gasteiger partial charge < -0.3 is 15.7 Å². The van der Waals surface area contributed by atoms with Gasteiger partial charge in [-0.05, 0) is 6.07 Å². The Balaban J connectivity index is 2.27. The maximum absolute atomic E-state index is 11.3. The molecule has 0 aliphatic carbocycles. The highest BCUT2D eigenvalue weighted by Crippen LogP contribution is 2.29. The normalized spacial score (nSPS) is 11.6. The van der Waals surface area contributed by atoms with Crippen molar-refractivity contribution in [2.75, 3.05) is 18.9 Å². The minimum Gasteiger partial charge on any atom is -0.381 e. The zero-order chi connectivity index (χ0) is 16.8. The molecule has 2 rings (SSSR count). The fourth-order valence-corrected chi connectivity index (χ4v) is 1.97. The number of hydrogen-bond donors (Lipinski definition) is 3. The van der Waals surface area contributed by atoms with Crippen LogP contribution in [-0.4, -0.2) is 40.6 Å². The van der Waals surface area contributed by atoms with Gasteiger partial charge in [-0.15, -0.1) is 0 Å². The molecule has 0 radical (unpaired) electrons. The Morgan fingerprint density at radius 2 is 2.00 bits per heavy atom. The number of nitrogens with one attached hydrogen (secondary N) is 2. The monoisotopic (exact) mass is 316 g/mol. The van der Waals surface area contributed by atoms with E-state index in [4.69, 9.17) is 0 Å². The molecule has 1 aromatic carbocycles. The van der Waals surface area contributed by atoms with Crippen LogP contribution in [0.3, 0.4) is 0 Å². The molecule has 8 nitrogen and oxygen atoms in total. The third-order valence-corrected chi connectivity index (χ3v) is 3.14. The Bertz CT molecular complexity index is 706. The topological polar surface area (TPSA) is 117 Å². The summed E-state index contributed by atoms with van der Waals surface area (Å²) in [5, 5.41) is 25.9. The lowest BCUT2D eigenvalue weighted by atomic mass is 10.1. The molecule has 0 unspecified atom stereocenters. The van der Waals surface area contributed by atoms with Crippen LogP contribution < -0.4 is 10.6 Å². The zero-order valence-corrected chi connectivity index (χ0v) is 12.4. The summed E-state index contributed by atoms with van der Waals surface area (Å²) in [4.78, 5) is 26.1. The Morgan fingerprint density at radius 1 is 1.30 bits per heavy atom. The first-order valence-corrected chi connectivity index (χ1v) is 6.87. The van der Waals surface area contributed by atoms with Crippen LogP contribution in [0.2, 0.25) is 0 Å². The number of aromatic nitrogens is 1. The summed E-state index contributed by atoms with van der Waals surface area (Å²) in [6.07, 6.45) is -1.24. The quantitative estimate of drug-likeness (QED) is 0.544. The average Bonchev–Trinajstić information content (AvgIpc) is 2.59. The Hall–Kier alpha value is -3.00. The van der Waals surface area contributed by atoms with Gasteiger partial charge in [-0.1, -0.05) is 30.3 Å². The first-order chi connectivity index (χ1) is 11.0. The van der Waals surface area contributed by atoms with Crippen molar-refractivity contribution in [3.8, 4) is 11.3 Å². The first-order valence-electron chi connectivity index (χ1n) is 6.87. The van der Waals surface area contributed by atoms with Gasteiger partial charge in [0.25, 0.3) is 5.69 Å². The van der Waals surface area contributed by atoms with Crippen LogP contribution in [0, 0.1) is 10.1 Å². The van der Waals surface area contributed by atoms with Gasteiger partial charge >= 0.3 is 0 Å². The smallest absolute Gasteiger partial charge is 0.295 e. The second-order valence-electron chi connectivity index (χ2n) is 4.70. The van der Waals surface area contributed by atoms with Crippen molar-refractivity contribution in [3.63, 3.8) is 0 Å². The predicted octanol–water partition coefficient (Wildman–Crippen LogP) is 1.18. The van der Waals surface area contributed by atoms with Gasteiger partial charge in [-0.3, -0.25) is 14.9 Å². The maximum Gasteiger partial charge on any atom is 0.295 e. The van der Waals surface area contributed by atoms with Crippen molar-refractivity contribution >= 4 is 17.4 Å². The molecule has 0 saturated carbocycles. The minimum atomic E-state index is -1.24. The van der Waals surface area contributed by atoms with Gasteiger partial charge in [0.1, 0.15) is 11.9 Å². The summed E-state index contributed by atoms with van der Waals surface area (Å²) in [6, 6.07) is 11.5. The molecule has 1 aromatic heterocycles. The molecule has 1 heterocycles. The lowest BCUT2D eigenvalue weighted by molar-refractivity contribution is -0.384. The van der Waals surface area contributed by atoms with Gasteiger partial charge in [0.15, 0.2) is 5.69 Å². The van der Waals surface area contributed by atoms with Crippen LogP contribution in [0.15, 0.2) is 42.5 Å². The van der Waals surface area contributed by atoms with E-state index in [2.05, 4.69) is 15.6 Å². The standard InChI is InChI=1S/C15H16N4O4/c1-16-15(21)12(20)9-17-13-8-7-11(19(22)23)14(18-13)10-5-3-2-4-6-10/h2-8,12,20H,9H2,1H3,(H,16,21)(H,17,18)/t12-/m0/s1. The molecule has 3 N–H and O–H groups in total. The number of carbonyl (C=O) groups is 1. The van der Waals surface area contributed by atoms with Gasteiger partial charge in [-0.2, -0.15) is 0 Å². The molecular formula is C15H16N4O4. The van der Waals surface area contributed by atoms with Crippen LogP contribution in [0.1, 0.15) is 0 Å². The Morgan fingerprint density at radius 3 is 2.61 bits per heavy atom. The van der Waals surface area contributed by atoms with Gasteiger partial charge in [0.2, 0.25) is 5.91 Å². The summed E-state index contributed by atoms with van der Waals surface area (Å²) >= 11 is 0. The van der Waals surface area contributed by atoms with Crippen molar-refractivity contribution in [1.82, 2.24) is 10.3 Å². The molecule has 0 aliphatic rings. The van der Waals surface area contributed by atoms with E-state index >= 15 is 0 Å². The van der Waals surface area contributed by atoms with Crippen LogP contribution in [-0.2, 0) is 4.79 Å². The third kappa shape index (κ3) is 4.01. The third-order valence-electron chi connectivity index (χ3n) is 3.14. The molecular weight excluding hydrogens is 300 g/mol. The summed E-state index contributed by atoms with van der Waals surface area (Å²) in [6.45, 7) is -0.0568. The number of rotatable bonds is 6. The fraction of sp³-hybridized carbons (Fsp3) is 0.200. The van der Waals surface area contributed by atoms with Crippen LogP contribution in [0.25, 0.3) is 11.3 Å². The molecule has 0 bridgehead atoms. The summed E-state index contributed by atoms with van der Waals surface area (Å²) in [5.74, 6) is -0.194. The fourth-order valence-electron chi connectivity index (χ4n) is 1.97. The summed E-state index contributed by atoms with van der Waals surface area (Å²) in [5.41, 5.74) is 0.707. The Kier molecular flexibility index (Phi) is 5.21. The highest BCUT2D eigenvalue weighted by atomic mass is 16.6. The first kappa shape index (κ1) is 16.4. The van der Waals surface area contributed by atoms with E-state index in [-0.39, 0.29) is 17.9 Å². The maximum atomic E-state index is 11.3. The largest absolute Gasteiger partial charge is 0.381 e. The van der Waals surface area contributed by atoms with Gasteiger partial charge in [0.05, 0.1) is 11.5 Å². The SMILES string of the molecule is CNC(=O)[C@@H](O)CNc1ccc([N+](=O)[O-])c(-c2ccccc2)n1. The van der Waals surface area contributed by atoms with Crippen molar-refractivity contribution in [1.29, 1.82) is 0 Å². The van der Waals surface area contributed by atoms with E-state index in [0.717, 1.165) is 0 Å². The van der Waals surface area contributed by atoms with Crippen molar-refractivity contribution in [2.24, 2.45) is 0 Å². The highest BCUT2D eigenvalue weighted by molar-refractivity contribution is 5.80. The molecule has 0 aliphatic heterocycles. The van der Waals surface area contributed by atoms with Crippen molar-refractivity contribution < 1.29 is 14.8 Å². The average molecular weight is 316 g/mol. The molecule has 0 fully saturated rings. The number of carbonyl (C=O) groups excluding carboxylic acids is 1. The number of aliphatic hydroxyl groups is 1. The van der Waals surface area contributed by atoms with Crippen LogP contribution in [0.4, 0.5) is 11.5 Å². The number of benzene rings is 1. The van der Waals surface area contributed by atoms with Crippen molar-refractivity contribution in [3.05, 3.63) is 52.6 Å². The van der Waals surface area contributed by atoms with E-state index < -0.39 is 16.9 Å². The highest BCUT2D eigenvalue weighted by Gasteiger charge is 2.18. The van der Waals surface area contributed by atoms with E-state index in [0.29, 0.717) is 11.4 Å². The van der Waals surface area contributed by atoms with E-state index in [1.165, 1.54) is 19.2 Å². The van der Waals surface area contributed by atoms with E-state index in [9.17, 15) is 20.0 Å². The lowest BCUT2D eigenvalue weighted by Gasteiger charge is -2.12. The lowest BCUT2D eigenvalue weighted by Crippen LogP contribution is -2.36. The van der Waals surface area contributed by atoms with Crippen LogP contribution >= 0.6 is 0 Å². The number of pyridine rings is 1. The van der Waals surface area contributed by atoms with Crippen LogP contribution in [0.5, 0.6) is 0 Å². The second-order valence-corrected chi connectivity index (χ2v) is 4.70. The molecule has 8 heteroatoms. The second kappa shape index (κ2) is 7.32. The Labute approximate surface area is 132 Å².